The van der Waals surface area contributed by atoms with Crippen molar-refractivity contribution in [1.82, 2.24) is 0 Å². The average molecular weight is 1540 g/mol. The zero-order valence-corrected chi connectivity index (χ0v) is 70.8. The van der Waals surface area contributed by atoms with Crippen LogP contribution >= 0.6 is 15.6 Å². The monoisotopic (exact) mass is 1540 g/mol. The van der Waals surface area contributed by atoms with Gasteiger partial charge in [0.15, 0.2) is 12.2 Å². The summed E-state index contributed by atoms with van der Waals surface area (Å²) < 4.78 is 68.9. The van der Waals surface area contributed by atoms with Crippen LogP contribution in [0.1, 0.15) is 459 Å². The van der Waals surface area contributed by atoms with Gasteiger partial charge in [0.25, 0.3) is 0 Å². The van der Waals surface area contributed by atoms with Gasteiger partial charge in [0.1, 0.15) is 19.3 Å². The van der Waals surface area contributed by atoms with Crippen LogP contribution < -0.4 is 0 Å². The third-order valence-electron chi connectivity index (χ3n) is 20.6. The molecule has 0 aliphatic heterocycles. The van der Waals surface area contributed by atoms with Crippen molar-refractivity contribution in [2.24, 2.45) is 11.8 Å². The summed E-state index contributed by atoms with van der Waals surface area (Å²) in [7, 11) is -9.93. The minimum absolute atomic E-state index is 0.108. The van der Waals surface area contributed by atoms with Crippen molar-refractivity contribution < 1.29 is 80.2 Å². The highest BCUT2D eigenvalue weighted by Gasteiger charge is 2.30. The molecule has 0 aliphatic rings. The van der Waals surface area contributed by atoms with Crippen LogP contribution in [0.3, 0.4) is 0 Å². The Bertz CT molecular complexity index is 2010. The molecule has 0 rings (SSSR count). The van der Waals surface area contributed by atoms with E-state index in [9.17, 15) is 43.2 Å². The number of rotatable bonds is 85. The lowest BCUT2D eigenvalue weighted by Gasteiger charge is -2.21. The number of hydrogen-bond acceptors (Lipinski definition) is 15. The van der Waals surface area contributed by atoms with E-state index in [4.69, 9.17) is 37.0 Å². The van der Waals surface area contributed by atoms with Crippen molar-refractivity contribution in [3.05, 3.63) is 0 Å². The van der Waals surface area contributed by atoms with Gasteiger partial charge in [-0.25, -0.2) is 9.13 Å². The molecule has 0 radical (unpaired) electrons. The molecule has 0 saturated carbocycles. The molecule has 0 amide bonds. The van der Waals surface area contributed by atoms with E-state index in [1.54, 1.807) is 0 Å². The van der Waals surface area contributed by atoms with E-state index in [0.717, 1.165) is 102 Å². The molecule has 19 heteroatoms. The summed E-state index contributed by atoms with van der Waals surface area (Å²) in [6.07, 6.45) is 69.4. The molecule has 0 bridgehead atoms. The number of carbonyl (C=O) groups is 4. The molecular weight excluding hydrogens is 1370 g/mol. The van der Waals surface area contributed by atoms with Crippen LogP contribution in [0, 0.1) is 11.8 Å². The van der Waals surface area contributed by atoms with Crippen LogP contribution in [0.5, 0.6) is 0 Å². The first-order valence-electron chi connectivity index (χ1n) is 44.5. The van der Waals surface area contributed by atoms with Crippen LogP contribution in [0.15, 0.2) is 0 Å². The molecule has 0 aromatic carbocycles. The van der Waals surface area contributed by atoms with Crippen molar-refractivity contribution in [2.45, 2.75) is 477 Å². The second-order valence-corrected chi connectivity index (χ2v) is 34.6. The lowest BCUT2D eigenvalue weighted by molar-refractivity contribution is -0.161. The Morgan fingerprint density at radius 3 is 0.724 bits per heavy atom. The van der Waals surface area contributed by atoms with Crippen molar-refractivity contribution >= 4 is 39.5 Å². The SMILES string of the molecule is CCCCCCCCCCCCCCCCCCCCCCCCC(=O)O[C@H](COC(=O)CCCCCCCCCCCCCCCC(C)C)COP(=O)(O)OC[C@@H](O)COP(=O)(O)OC[C@@H](COC(=O)CCCCCCCCCCC(C)CC)OC(=O)CCCCCCCCCCCCCCCCC. The van der Waals surface area contributed by atoms with Crippen molar-refractivity contribution in [1.29, 1.82) is 0 Å². The zero-order valence-electron chi connectivity index (χ0n) is 69.0. The van der Waals surface area contributed by atoms with Gasteiger partial charge in [-0.1, -0.05) is 408 Å². The van der Waals surface area contributed by atoms with Gasteiger partial charge in [0.2, 0.25) is 0 Å². The van der Waals surface area contributed by atoms with Crippen LogP contribution in [-0.4, -0.2) is 96.7 Å². The van der Waals surface area contributed by atoms with Crippen molar-refractivity contribution in [3.8, 4) is 0 Å². The molecule has 0 fully saturated rings. The second-order valence-electron chi connectivity index (χ2n) is 31.6. The Morgan fingerprint density at radius 2 is 0.486 bits per heavy atom. The second kappa shape index (κ2) is 77.4. The molecule has 0 saturated heterocycles. The van der Waals surface area contributed by atoms with E-state index < -0.39 is 97.5 Å². The quantitative estimate of drug-likeness (QED) is 0.0222. The number of ether oxygens (including phenoxy) is 4. The normalized spacial score (nSPS) is 14.1. The third-order valence-corrected chi connectivity index (χ3v) is 22.5. The fraction of sp³-hybridized carbons (Fsp3) is 0.953. The molecule has 624 valence electrons. The predicted octanol–water partition coefficient (Wildman–Crippen LogP) is 26.2. The van der Waals surface area contributed by atoms with Crippen LogP contribution in [0.4, 0.5) is 0 Å². The van der Waals surface area contributed by atoms with Crippen molar-refractivity contribution in [3.63, 3.8) is 0 Å². The lowest BCUT2D eigenvalue weighted by Crippen LogP contribution is -2.30. The van der Waals surface area contributed by atoms with Gasteiger partial charge in [-0.15, -0.1) is 0 Å². The Morgan fingerprint density at radius 1 is 0.276 bits per heavy atom. The summed E-state index contributed by atoms with van der Waals surface area (Å²) in [5, 5.41) is 10.7. The molecular formula is C86H168O17P2. The first-order valence-corrected chi connectivity index (χ1v) is 47.5. The zero-order chi connectivity index (χ0) is 77.1. The number of unbranched alkanes of at least 4 members (excludes halogenated alkanes) is 54. The Labute approximate surface area is 645 Å². The van der Waals surface area contributed by atoms with Gasteiger partial charge >= 0.3 is 39.5 Å². The summed E-state index contributed by atoms with van der Waals surface area (Å²) >= 11 is 0. The number of aliphatic hydroxyl groups excluding tert-OH is 1. The maximum atomic E-state index is 13.1. The smallest absolute Gasteiger partial charge is 0.462 e. The summed E-state index contributed by atoms with van der Waals surface area (Å²) in [5.74, 6) is -0.533. The van der Waals surface area contributed by atoms with E-state index in [1.807, 2.05) is 0 Å². The number of phosphoric acid groups is 2. The molecule has 17 nitrogen and oxygen atoms in total. The maximum Gasteiger partial charge on any atom is 0.472 e. The fourth-order valence-corrected chi connectivity index (χ4v) is 15.0. The maximum absolute atomic E-state index is 13.1. The van der Waals surface area contributed by atoms with Gasteiger partial charge in [-0.05, 0) is 37.5 Å². The Balaban J connectivity index is 5.24. The predicted molar refractivity (Wildman–Crippen MR) is 432 cm³/mol. The summed E-state index contributed by atoms with van der Waals surface area (Å²) in [5.41, 5.74) is 0. The lowest BCUT2D eigenvalue weighted by atomic mass is 9.99. The van der Waals surface area contributed by atoms with Crippen LogP contribution in [0.2, 0.25) is 0 Å². The summed E-state index contributed by atoms with van der Waals surface area (Å²) in [4.78, 5) is 73.2. The third kappa shape index (κ3) is 78.5. The number of esters is 4. The molecule has 0 aromatic heterocycles. The van der Waals surface area contributed by atoms with Crippen LogP contribution in [-0.2, 0) is 65.4 Å². The van der Waals surface area contributed by atoms with Gasteiger partial charge in [-0.3, -0.25) is 37.3 Å². The topological polar surface area (TPSA) is 237 Å². The summed E-state index contributed by atoms with van der Waals surface area (Å²) in [6, 6.07) is 0. The standard InChI is InChI=1S/C86H168O17P2/c1-7-10-12-14-16-18-20-22-24-25-26-27-28-29-30-32-36-41-45-53-59-65-71-85(90)102-81(74-96-83(88)68-62-56-50-43-39-37-33-34-38-42-48-54-60-66-78(4)5)76-100-104(92,93)98-72-80(87)73-99-105(94,95)101-77-82(75-97-84(89)69-63-57-51-47-46-49-55-61-67-79(6)9-3)103-86(91)70-64-58-52-44-40-35-31-23-21-19-17-15-13-11-8-2/h78-82,87H,7-77H2,1-6H3,(H,92,93)(H,94,95)/t79?,80-,81-,82-/m1/s1. The molecule has 0 aliphatic carbocycles. The minimum atomic E-state index is -4.97. The fourth-order valence-electron chi connectivity index (χ4n) is 13.4. The molecule has 0 spiro atoms. The van der Waals surface area contributed by atoms with E-state index in [0.29, 0.717) is 25.7 Å². The summed E-state index contributed by atoms with van der Waals surface area (Å²) in [6.45, 7) is 9.69. The van der Waals surface area contributed by atoms with Gasteiger partial charge in [-0.2, -0.15) is 0 Å². The Kier molecular flexibility index (Phi) is 76.0. The number of phosphoric ester groups is 2. The van der Waals surface area contributed by atoms with E-state index >= 15 is 0 Å². The minimum Gasteiger partial charge on any atom is -0.462 e. The Hall–Kier alpha value is -1.94. The van der Waals surface area contributed by atoms with Gasteiger partial charge in [0.05, 0.1) is 26.4 Å². The van der Waals surface area contributed by atoms with Crippen LogP contribution in [0.25, 0.3) is 0 Å². The molecule has 3 unspecified atom stereocenters. The highest BCUT2D eigenvalue weighted by Crippen LogP contribution is 2.45. The molecule has 6 atom stereocenters. The number of carbonyl (C=O) groups excluding carboxylic acids is 4. The molecule has 105 heavy (non-hydrogen) atoms. The first kappa shape index (κ1) is 103. The van der Waals surface area contributed by atoms with Gasteiger partial charge in [0, 0.05) is 25.7 Å². The number of aliphatic hydroxyl groups is 1. The van der Waals surface area contributed by atoms with E-state index in [1.165, 1.54) is 276 Å². The highest BCUT2D eigenvalue weighted by atomic mass is 31.2. The molecule has 0 aromatic rings. The van der Waals surface area contributed by atoms with E-state index in [2.05, 4.69) is 41.5 Å². The first-order chi connectivity index (χ1) is 50.9. The molecule has 0 heterocycles. The van der Waals surface area contributed by atoms with Gasteiger partial charge < -0.3 is 33.8 Å². The molecule has 3 N–H and O–H groups in total. The highest BCUT2D eigenvalue weighted by molar-refractivity contribution is 7.47. The van der Waals surface area contributed by atoms with Crippen molar-refractivity contribution in [2.75, 3.05) is 39.6 Å². The average Bonchev–Trinajstić information content (AvgIpc) is 0.960. The van der Waals surface area contributed by atoms with E-state index in [-0.39, 0.29) is 25.7 Å². The largest absolute Gasteiger partial charge is 0.472 e. The number of hydrogen-bond donors (Lipinski definition) is 3.